The predicted molar refractivity (Wildman–Crippen MR) is 133 cm³/mol. The molecule has 2 fully saturated rings. The number of fused-ring (bicyclic) bond motifs is 1. The molecule has 2 saturated carbocycles. The number of furan rings is 1. The first-order chi connectivity index (χ1) is 16.8. The van der Waals surface area contributed by atoms with E-state index in [1.807, 2.05) is 42.5 Å². The highest BCUT2D eigenvalue weighted by atomic mass is 32.2. The molecule has 7 nitrogen and oxygen atoms in total. The van der Waals surface area contributed by atoms with Gasteiger partial charge >= 0.3 is 0 Å². The second-order valence-electron chi connectivity index (χ2n) is 9.59. The lowest BCUT2D eigenvalue weighted by Gasteiger charge is -2.37. The minimum absolute atomic E-state index is 0.146. The molecule has 2 aliphatic rings. The summed E-state index contributed by atoms with van der Waals surface area (Å²) in [6, 6.07) is 17.1. The Balaban J connectivity index is 1.38. The minimum Gasteiger partial charge on any atom is -0.451 e. The van der Waals surface area contributed by atoms with Crippen molar-refractivity contribution in [1.29, 1.82) is 5.26 Å². The summed E-state index contributed by atoms with van der Waals surface area (Å²) < 4.78 is 17.6. The molecule has 1 aromatic heterocycles. The summed E-state index contributed by atoms with van der Waals surface area (Å²) in [5.41, 5.74) is 0.619. The zero-order valence-electron chi connectivity index (χ0n) is 19.6. The minimum atomic E-state index is -1.04. The average molecular weight is 490 g/mol. The molecule has 35 heavy (non-hydrogen) atoms. The van der Waals surface area contributed by atoms with E-state index in [9.17, 15) is 19.1 Å². The predicted octanol–water partition coefficient (Wildman–Crippen LogP) is 4.44. The van der Waals surface area contributed by atoms with Crippen LogP contribution in [0.5, 0.6) is 0 Å². The topological polar surface area (TPSA) is 112 Å². The van der Waals surface area contributed by atoms with E-state index < -0.39 is 27.8 Å². The molecule has 1 unspecified atom stereocenters. The Morgan fingerprint density at radius 3 is 2.26 bits per heavy atom. The lowest BCUT2D eigenvalue weighted by molar-refractivity contribution is -0.129. The largest absolute Gasteiger partial charge is 0.451 e. The van der Waals surface area contributed by atoms with Crippen molar-refractivity contribution < 1.29 is 18.2 Å². The van der Waals surface area contributed by atoms with Gasteiger partial charge in [-0.2, -0.15) is 5.26 Å². The van der Waals surface area contributed by atoms with E-state index in [0.717, 1.165) is 40.7 Å². The Bertz CT molecular complexity index is 1360. The lowest BCUT2D eigenvalue weighted by atomic mass is 9.80. The molecule has 2 amide bonds. The fourth-order valence-electron chi connectivity index (χ4n) is 4.73. The van der Waals surface area contributed by atoms with E-state index in [1.54, 1.807) is 12.3 Å². The van der Waals surface area contributed by atoms with Crippen molar-refractivity contribution in [3.8, 4) is 17.2 Å². The van der Waals surface area contributed by atoms with Gasteiger partial charge in [-0.25, -0.2) is 0 Å². The van der Waals surface area contributed by atoms with Gasteiger partial charge in [0.15, 0.2) is 5.76 Å². The van der Waals surface area contributed by atoms with Gasteiger partial charge < -0.3 is 15.1 Å². The summed E-state index contributed by atoms with van der Waals surface area (Å²) in [5, 5.41) is 16.0. The van der Waals surface area contributed by atoms with E-state index in [2.05, 4.69) is 16.7 Å². The fraction of sp³-hybridized carbons (Fsp3) is 0.370. The Morgan fingerprint density at radius 1 is 0.943 bits per heavy atom. The number of nitrogens with zero attached hydrogens (tertiary/aromatic N) is 1. The second kappa shape index (κ2) is 8.97. The highest BCUT2D eigenvalue weighted by Crippen LogP contribution is 2.37. The van der Waals surface area contributed by atoms with Crippen LogP contribution < -0.4 is 10.6 Å². The van der Waals surface area contributed by atoms with Gasteiger partial charge in [0.1, 0.15) is 16.7 Å². The van der Waals surface area contributed by atoms with Crippen LogP contribution >= 0.6 is 0 Å². The third-order valence-corrected chi connectivity index (χ3v) is 8.01. The summed E-state index contributed by atoms with van der Waals surface area (Å²) in [5.74, 6) is -0.566. The maximum absolute atomic E-state index is 13.2. The molecule has 5 rings (SSSR count). The van der Waals surface area contributed by atoms with Gasteiger partial charge in [-0.15, -0.1) is 0 Å². The van der Waals surface area contributed by atoms with E-state index >= 15 is 0 Å². The molecule has 180 valence electrons. The SMILES string of the molecule is CS(=O)c1ccc(-c2ccc3cc(C(=O)NC4(C(=O)NC5(C#N)CC5)CCCCC4)oc3c2)cc1. The second-order valence-corrected chi connectivity index (χ2v) is 11.0. The molecule has 0 bridgehead atoms. The third kappa shape index (κ3) is 4.61. The van der Waals surface area contributed by atoms with Crippen LogP contribution in [0.4, 0.5) is 0 Å². The van der Waals surface area contributed by atoms with Crippen molar-refractivity contribution in [3.05, 3.63) is 54.3 Å². The molecule has 0 aliphatic heterocycles. The van der Waals surface area contributed by atoms with E-state index in [1.165, 1.54) is 0 Å². The van der Waals surface area contributed by atoms with E-state index in [0.29, 0.717) is 31.3 Å². The van der Waals surface area contributed by atoms with Gasteiger partial charge in [-0.1, -0.05) is 43.5 Å². The molecule has 2 aliphatic carbocycles. The summed E-state index contributed by atoms with van der Waals surface area (Å²) in [6.45, 7) is 0. The molecule has 1 atom stereocenters. The zero-order valence-corrected chi connectivity index (χ0v) is 20.4. The Kier molecular flexibility index (Phi) is 5.97. The monoisotopic (exact) mass is 489 g/mol. The van der Waals surface area contributed by atoms with Crippen molar-refractivity contribution in [3.63, 3.8) is 0 Å². The smallest absolute Gasteiger partial charge is 0.287 e. The van der Waals surface area contributed by atoms with Gasteiger partial charge in [0, 0.05) is 27.3 Å². The van der Waals surface area contributed by atoms with Crippen LogP contribution in [-0.4, -0.2) is 33.4 Å². The van der Waals surface area contributed by atoms with Crippen LogP contribution in [0.15, 0.2) is 57.8 Å². The average Bonchev–Trinajstić information content (AvgIpc) is 3.51. The van der Waals surface area contributed by atoms with Crippen LogP contribution in [0.3, 0.4) is 0 Å². The van der Waals surface area contributed by atoms with Crippen molar-refractivity contribution in [2.75, 3.05) is 6.26 Å². The van der Waals surface area contributed by atoms with Crippen molar-refractivity contribution in [1.82, 2.24) is 10.6 Å². The van der Waals surface area contributed by atoms with Crippen LogP contribution in [0.2, 0.25) is 0 Å². The van der Waals surface area contributed by atoms with Gasteiger partial charge in [0.2, 0.25) is 5.91 Å². The summed E-state index contributed by atoms with van der Waals surface area (Å²) in [6.07, 6.45) is 6.68. The number of amides is 2. The first-order valence-electron chi connectivity index (χ1n) is 11.9. The van der Waals surface area contributed by atoms with Crippen LogP contribution in [0.1, 0.15) is 55.5 Å². The Morgan fingerprint density at radius 2 is 1.63 bits per heavy atom. The Labute approximate surface area is 206 Å². The van der Waals surface area contributed by atoms with E-state index in [-0.39, 0.29) is 11.7 Å². The number of hydrogen-bond acceptors (Lipinski definition) is 5. The number of benzene rings is 2. The maximum Gasteiger partial charge on any atom is 0.287 e. The normalized spacial score (nSPS) is 18.9. The standard InChI is InChI=1S/C27H27N3O4S/c1-35(33)21-9-7-18(8-10-21)19-5-6-20-16-23(34-22(20)15-19)24(31)29-27(11-3-2-4-12-27)25(32)30-26(17-28)13-14-26/h5-10,15-16H,2-4,11-14H2,1H3,(H,29,31)(H,30,32). The van der Waals surface area contributed by atoms with Gasteiger partial charge in [-0.05, 0) is 61.1 Å². The molecular weight excluding hydrogens is 462 g/mol. The van der Waals surface area contributed by atoms with Crippen molar-refractivity contribution >= 4 is 33.6 Å². The molecule has 2 aromatic carbocycles. The van der Waals surface area contributed by atoms with Crippen molar-refractivity contribution in [2.45, 2.75) is 60.9 Å². The third-order valence-electron chi connectivity index (χ3n) is 7.07. The number of hydrogen-bond donors (Lipinski definition) is 2. The molecular formula is C27H27N3O4S. The summed E-state index contributed by atoms with van der Waals surface area (Å²) in [4.78, 5) is 27.2. The first-order valence-corrected chi connectivity index (χ1v) is 13.4. The molecule has 1 heterocycles. The summed E-state index contributed by atoms with van der Waals surface area (Å²) in [7, 11) is -1.04. The van der Waals surface area contributed by atoms with Gasteiger partial charge in [-0.3, -0.25) is 13.8 Å². The number of carbonyl (C=O) groups is 2. The molecule has 0 spiro atoms. The number of nitrogens with one attached hydrogen (secondary N) is 2. The van der Waals surface area contributed by atoms with E-state index in [4.69, 9.17) is 4.42 Å². The van der Waals surface area contributed by atoms with Crippen LogP contribution in [-0.2, 0) is 15.6 Å². The molecule has 8 heteroatoms. The number of nitriles is 1. The maximum atomic E-state index is 13.2. The molecule has 0 saturated heterocycles. The molecule has 0 radical (unpaired) electrons. The molecule has 3 aromatic rings. The highest BCUT2D eigenvalue weighted by molar-refractivity contribution is 7.84. The first kappa shape index (κ1) is 23.3. The van der Waals surface area contributed by atoms with Crippen LogP contribution in [0.25, 0.3) is 22.1 Å². The molecule has 2 N–H and O–H groups in total. The van der Waals surface area contributed by atoms with Gasteiger partial charge in [0.25, 0.3) is 5.91 Å². The Hall–Kier alpha value is -3.44. The number of rotatable bonds is 6. The quantitative estimate of drug-likeness (QED) is 0.532. The zero-order chi connectivity index (χ0) is 24.6. The number of carbonyl (C=O) groups excluding carboxylic acids is 2. The highest BCUT2D eigenvalue weighted by Gasteiger charge is 2.50. The fourth-order valence-corrected chi connectivity index (χ4v) is 5.25. The lowest BCUT2D eigenvalue weighted by Crippen LogP contribution is -2.61. The van der Waals surface area contributed by atoms with Crippen LogP contribution in [0, 0.1) is 11.3 Å². The summed E-state index contributed by atoms with van der Waals surface area (Å²) >= 11 is 0. The van der Waals surface area contributed by atoms with Gasteiger partial charge in [0.05, 0.1) is 6.07 Å². The van der Waals surface area contributed by atoms with Crippen molar-refractivity contribution in [2.24, 2.45) is 0 Å².